The van der Waals surface area contributed by atoms with Crippen molar-refractivity contribution < 1.29 is 27.5 Å². The standard InChI is InChI=1S/C53H92N2O6S/c1-16-60-44(56)32-48(9,10)33-45(57)61-43-21-22-50(13)41(49(43,11)12)20-23-52(15)42(50)18-17-39-46-38(35(2)3)19-24-53(46,26-25-51(39,52)14)54-34-40(36(4)31-37(5)47(6,7)8)55-27-29-62(58,59)30-28-55/h36-43,46,54H,2,16-34H2,1,3-15H3/t36-,37-,38-,39+,40+,41-,42+,43-,46+,50-,51+,52+,53-/m0/s1. The molecule has 6 rings (SSSR count). The van der Waals surface area contributed by atoms with E-state index in [-0.39, 0.29) is 75.0 Å². The van der Waals surface area contributed by atoms with Crippen molar-refractivity contribution in [2.45, 2.75) is 198 Å². The van der Waals surface area contributed by atoms with Gasteiger partial charge in [-0.1, -0.05) is 95.2 Å². The maximum atomic E-state index is 13.6. The minimum Gasteiger partial charge on any atom is -0.466 e. The minimum atomic E-state index is -2.97. The average Bonchev–Trinajstić information content (AvgIpc) is 3.53. The number of carbonyl (C=O) groups is 2. The molecule has 8 nitrogen and oxygen atoms in total. The summed E-state index contributed by atoms with van der Waals surface area (Å²) >= 11 is 0. The van der Waals surface area contributed by atoms with Crippen LogP contribution in [0.1, 0.15) is 180 Å². The van der Waals surface area contributed by atoms with Crippen LogP contribution < -0.4 is 5.32 Å². The van der Waals surface area contributed by atoms with Crippen molar-refractivity contribution in [3.8, 4) is 0 Å². The first-order valence-corrected chi connectivity index (χ1v) is 27.1. The second-order valence-electron chi connectivity index (χ2n) is 25.6. The molecule has 0 radical (unpaired) electrons. The summed E-state index contributed by atoms with van der Waals surface area (Å²) in [5, 5.41) is 4.44. The molecule has 62 heavy (non-hydrogen) atoms. The number of carbonyl (C=O) groups excluding carboxylic acids is 2. The summed E-state index contributed by atoms with van der Waals surface area (Å²) in [7, 11) is -2.97. The third kappa shape index (κ3) is 9.28. The van der Waals surface area contributed by atoms with Gasteiger partial charge >= 0.3 is 11.9 Å². The van der Waals surface area contributed by atoms with Crippen molar-refractivity contribution in [2.75, 3.05) is 37.7 Å². The Kier molecular flexibility index (Phi) is 14.2. The van der Waals surface area contributed by atoms with Gasteiger partial charge in [-0.15, -0.1) is 0 Å². The van der Waals surface area contributed by atoms with Crippen LogP contribution in [0, 0.1) is 73.9 Å². The van der Waals surface area contributed by atoms with E-state index in [0.717, 1.165) is 32.2 Å². The van der Waals surface area contributed by atoms with E-state index < -0.39 is 15.3 Å². The lowest BCUT2D eigenvalue weighted by atomic mass is 9.32. The topological polar surface area (TPSA) is 102 Å². The van der Waals surface area contributed by atoms with Crippen molar-refractivity contribution in [3.63, 3.8) is 0 Å². The number of rotatable bonds is 14. The first-order chi connectivity index (χ1) is 28.6. The number of hydrogen-bond acceptors (Lipinski definition) is 8. The zero-order chi connectivity index (χ0) is 46.1. The quantitative estimate of drug-likeness (QED) is 0.136. The molecule has 13 atom stereocenters. The molecule has 6 fully saturated rings. The fourth-order valence-corrected chi connectivity index (χ4v) is 17.2. The minimum absolute atomic E-state index is 0.0718. The number of allylic oxidation sites excluding steroid dienone is 1. The van der Waals surface area contributed by atoms with Crippen molar-refractivity contribution in [3.05, 3.63) is 12.2 Å². The van der Waals surface area contributed by atoms with E-state index in [1.165, 1.54) is 50.5 Å². The fraction of sp³-hybridized carbons (Fsp3) is 0.925. The first kappa shape index (κ1) is 50.0. The highest BCUT2D eigenvalue weighted by atomic mass is 32.2. The van der Waals surface area contributed by atoms with Crippen LogP contribution in [0.5, 0.6) is 0 Å². The number of nitrogens with one attached hydrogen (secondary N) is 1. The van der Waals surface area contributed by atoms with Gasteiger partial charge in [-0.2, -0.15) is 0 Å². The Morgan fingerprint density at radius 2 is 1.47 bits per heavy atom. The Hall–Kier alpha value is -1.45. The van der Waals surface area contributed by atoms with Gasteiger partial charge in [0.15, 0.2) is 9.84 Å². The SMILES string of the molecule is C=C(C)[C@@H]1CC[C@]2(NC[C@H]([C@@H](C)C[C@H](C)C(C)(C)C)N3CCS(=O)(=O)CC3)CC[C@]3(C)[C@H](CC[C@@H]4[C@@]5(C)CC[C@H](OC(=O)CC(C)(C)CC(=O)OCC)C(C)(C)[C@@H]5CC[C@]43C)[C@@H]12. The van der Waals surface area contributed by atoms with E-state index in [1.54, 1.807) is 0 Å². The molecule has 1 aliphatic heterocycles. The third-order valence-electron chi connectivity index (χ3n) is 20.2. The summed E-state index contributed by atoms with van der Waals surface area (Å²) < 4.78 is 36.9. The lowest BCUT2D eigenvalue weighted by Crippen LogP contribution is -2.69. The number of ether oxygens (including phenoxy) is 2. The Labute approximate surface area is 379 Å². The second kappa shape index (κ2) is 17.6. The number of fused-ring (bicyclic) bond motifs is 7. The number of nitrogens with zero attached hydrogens (tertiary/aromatic N) is 1. The van der Waals surface area contributed by atoms with Crippen molar-refractivity contribution in [1.82, 2.24) is 10.2 Å². The molecular weight excluding hydrogens is 793 g/mol. The zero-order valence-electron chi connectivity index (χ0n) is 42.1. The summed E-state index contributed by atoms with van der Waals surface area (Å²) in [6.45, 7) is 40.0. The van der Waals surface area contributed by atoms with Crippen molar-refractivity contribution >= 4 is 21.8 Å². The van der Waals surface area contributed by atoms with Crippen LogP contribution in [0.4, 0.5) is 0 Å². The summed E-state index contributed by atoms with van der Waals surface area (Å²) in [5.74, 6) is 3.89. The smallest absolute Gasteiger partial charge is 0.306 e. The molecule has 1 N–H and O–H groups in total. The van der Waals surface area contributed by atoms with E-state index in [2.05, 4.69) is 93.0 Å². The summed E-state index contributed by atoms with van der Waals surface area (Å²) in [4.78, 5) is 28.4. The van der Waals surface area contributed by atoms with E-state index in [1.807, 2.05) is 20.8 Å². The van der Waals surface area contributed by atoms with Gasteiger partial charge in [0, 0.05) is 36.6 Å². The van der Waals surface area contributed by atoms with Crippen LogP contribution in [0.25, 0.3) is 0 Å². The highest BCUT2D eigenvalue weighted by Crippen LogP contribution is 2.76. The molecule has 0 amide bonds. The highest BCUT2D eigenvalue weighted by molar-refractivity contribution is 7.91. The maximum absolute atomic E-state index is 13.6. The molecule has 5 saturated carbocycles. The average molecular weight is 885 g/mol. The number of sulfone groups is 1. The lowest BCUT2D eigenvalue weighted by molar-refractivity contribution is -0.246. The summed E-state index contributed by atoms with van der Waals surface area (Å²) in [6, 6.07) is 0.305. The fourth-order valence-electron chi connectivity index (χ4n) is 16.0. The molecule has 0 unspecified atom stereocenters. The number of hydrogen-bond donors (Lipinski definition) is 1. The van der Waals surface area contributed by atoms with Gasteiger partial charge in [-0.25, -0.2) is 8.42 Å². The third-order valence-corrected chi connectivity index (χ3v) is 21.8. The van der Waals surface area contributed by atoms with Gasteiger partial charge in [0.2, 0.25) is 0 Å². The van der Waals surface area contributed by atoms with Gasteiger partial charge in [0.05, 0.1) is 31.0 Å². The Bertz CT molecular complexity index is 1750. The van der Waals surface area contributed by atoms with Gasteiger partial charge < -0.3 is 14.8 Å². The highest BCUT2D eigenvalue weighted by Gasteiger charge is 2.71. The zero-order valence-corrected chi connectivity index (χ0v) is 43.0. The first-order valence-electron chi connectivity index (χ1n) is 25.3. The molecule has 0 spiro atoms. The maximum Gasteiger partial charge on any atom is 0.306 e. The molecule has 0 bridgehead atoms. The molecule has 6 aliphatic rings. The molecule has 356 valence electrons. The van der Waals surface area contributed by atoms with Gasteiger partial charge in [-0.3, -0.25) is 14.5 Å². The summed E-state index contributed by atoms with van der Waals surface area (Å²) in [6.07, 6.45) is 13.1. The Morgan fingerprint density at radius 1 is 0.823 bits per heavy atom. The predicted molar refractivity (Wildman–Crippen MR) is 253 cm³/mol. The summed E-state index contributed by atoms with van der Waals surface area (Å²) in [5.41, 5.74) is 1.59. The van der Waals surface area contributed by atoms with Crippen LogP contribution in [-0.2, 0) is 28.9 Å². The van der Waals surface area contributed by atoms with Crippen LogP contribution >= 0.6 is 0 Å². The largest absolute Gasteiger partial charge is 0.466 e. The molecule has 0 aromatic carbocycles. The van der Waals surface area contributed by atoms with Crippen molar-refractivity contribution in [1.29, 1.82) is 0 Å². The lowest BCUT2D eigenvalue weighted by Gasteiger charge is -2.73. The Balaban J connectivity index is 1.22. The number of esters is 2. The van der Waals surface area contributed by atoms with Gasteiger partial charge in [-0.05, 0) is 153 Å². The molecule has 0 aromatic heterocycles. The van der Waals surface area contributed by atoms with Gasteiger partial charge in [0.25, 0.3) is 0 Å². The van der Waals surface area contributed by atoms with E-state index in [9.17, 15) is 18.0 Å². The van der Waals surface area contributed by atoms with Crippen LogP contribution in [0.3, 0.4) is 0 Å². The van der Waals surface area contributed by atoms with Crippen molar-refractivity contribution in [2.24, 2.45) is 73.9 Å². The molecule has 1 saturated heterocycles. The van der Waals surface area contributed by atoms with Crippen LogP contribution in [-0.4, -0.2) is 80.7 Å². The van der Waals surface area contributed by atoms with Crippen LogP contribution in [0.2, 0.25) is 0 Å². The van der Waals surface area contributed by atoms with E-state index in [0.29, 0.717) is 67.2 Å². The Morgan fingerprint density at radius 3 is 2.08 bits per heavy atom. The monoisotopic (exact) mass is 885 g/mol. The van der Waals surface area contributed by atoms with Crippen LogP contribution in [0.15, 0.2) is 12.2 Å². The van der Waals surface area contributed by atoms with E-state index in [4.69, 9.17) is 9.47 Å². The normalized spacial score (nSPS) is 39.5. The van der Waals surface area contributed by atoms with Gasteiger partial charge in [0.1, 0.15) is 6.10 Å². The second-order valence-corrected chi connectivity index (χ2v) is 27.9. The van der Waals surface area contributed by atoms with E-state index >= 15 is 0 Å². The molecule has 0 aromatic rings. The molecule has 9 heteroatoms. The molecular formula is C53H92N2O6S. The molecule has 5 aliphatic carbocycles. The predicted octanol–water partition coefficient (Wildman–Crippen LogP) is 11.1. The molecule has 1 heterocycles.